The molecule has 0 aliphatic carbocycles. The number of carbonyl (C=O) groups is 2. The molecule has 166 valence electrons. The van der Waals surface area contributed by atoms with Crippen molar-refractivity contribution in [3.63, 3.8) is 0 Å². The zero-order chi connectivity index (χ0) is 22.4. The molecule has 0 atom stereocenters. The second-order valence-corrected chi connectivity index (χ2v) is 9.15. The summed E-state index contributed by atoms with van der Waals surface area (Å²) < 4.78 is 5.27. The molecule has 2 aromatic rings. The Labute approximate surface area is 189 Å². The first-order chi connectivity index (χ1) is 14.7. The molecule has 0 aromatic heterocycles. The maximum absolute atomic E-state index is 12.9. The average Bonchev–Trinajstić information content (AvgIpc) is 2.72. The molecule has 0 saturated carbocycles. The molecule has 6 nitrogen and oxygen atoms in total. The van der Waals surface area contributed by atoms with Crippen LogP contribution in [-0.2, 0) is 11.2 Å². The molecule has 0 bridgehead atoms. The fourth-order valence-corrected chi connectivity index (χ4v) is 3.57. The van der Waals surface area contributed by atoms with Crippen molar-refractivity contribution in [3.8, 4) is 0 Å². The van der Waals surface area contributed by atoms with Crippen molar-refractivity contribution in [2.75, 3.05) is 38.0 Å². The Bertz CT molecular complexity index is 901. The SMILES string of the molecule is CC(C)(C)OC(=O)Nc1cccc(C(=O)N2CCN(CCc3ccc(Cl)cc3)CC2)c1. The number of anilines is 1. The summed E-state index contributed by atoms with van der Waals surface area (Å²) in [5.74, 6) is -0.0230. The molecule has 3 rings (SSSR count). The molecule has 1 N–H and O–H groups in total. The van der Waals surface area contributed by atoms with Crippen molar-refractivity contribution in [2.24, 2.45) is 0 Å². The molecule has 0 unspecified atom stereocenters. The highest BCUT2D eigenvalue weighted by Gasteiger charge is 2.22. The third-order valence-electron chi connectivity index (χ3n) is 5.04. The van der Waals surface area contributed by atoms with Crippen LogP contribution in [-0.4, -0.2) is 60.1 Å². The smallest absolute Gasteiger partial charge is 0.412 e. The van der Waals surface area contributed by atoms with Crippen LogP contribution in [0.1, 0.15) is 36.7 Å². The summed E-state index contributed by atoms with van der Waals surface area (Å²) >= 11 is 5.94. The van der Waals surface area contributed by atoms with Gasteiger partial charge in [0, 0.05) is 49.0 Å². The van der Waals surface area contributed by atoms with Crippen molar-refractivity contribution in [2.45, 2.75) is 32.8 Å². The molecular weight excluding hydrogens is 414 g/mol. The van der Waals surface area contributed by atoms with Gasteiger partial charge in [-0.2, -0.15) is 0 Å². The number of ether oxygens (including phenoxy) is 1. The summed E-state index contributed by atoms with van der Waals surface area (Å²) in [7, 11) is 0. The van der Waals surface area contributed by atoms with E-state index < -0.39 is 11.7 Å². The van der Waals surface area contributed by atoms with Crippen LogP contribution in [0.15, 0.2) is 48.5 Å². The highest BCUT2D eigenvalue weighted by molar-refractivity contribution is 6.30. The van der Waals surface area contributed by atoms with Gasteiger partial charge in [-0.3, -0.25) is 15.0 Å². The Hall–Kier alpha value is -2.57. The number of nitrogens with one attached hydrogen (secondary N) is 1. The van der Waals surface area contributed by atoms with E-state index in [2.05, 4.69) is 22.3 Å². The first-order valence-electron chi connectivity index (χ1n) is 10.6. The van der Waals surface area contributed by atoms with Crippen molar-refractivity contribution >= 4 is 29.3 Å². The predicted molar refractivity (Wildman–Crippen MR) is 124 cm³/mol. The molecule has 31 heavy (non-hydrogen) atoms. The van der Waals surface area contributed by atoms with Gasteiger partial charge < -0.3 is 9.64 Å². The lowest BCUT2D eigenvalue weighted by atomic mass is 10.1. The molecule has 2 amide bonds. The Morgan fingerprint density at radius 3 is 2.35 bits per heavy atom. The van der Waals surface area contributed by atoms with Crippen LogP contribution in [0.3, 0.4) is 0 Å². The molecule has 1 fully saturated rings. The lowest BCUT2D eigenvalue weighted by Gasteiger charge is -2.34. The fraction of sp³-hybridized carbons (Fsp3) is 0.417. The Morgan fingerprint density at radius 2 is 1.71 bits per heavy atom. The van der Waals surface area contributed by atoms with Gasteiger partial charge in [0.15, 0.2) is 0 Å². The maximum atomic E-state index is 12.9. The number of halogens is 1. The average molecular weight is 444 g/mol. The van der Waals surface area contributed by atoms with Gasteiger partial charge in [0.1, 0.15) is 5.60 Å². The van der Waals surface area contributed by atoms with E-state index in [9.17, 15) is 9.59 Å². The van der Waals surface area contributed by atoms with Crippen LogP contribution in [0.4, 0.5) is 10.5 Å². The third-order valence-corrected chi connectivity index (χ3v) is 5.30. The molecule has 7 heteroatoms. The quantitative estimate of drug-likeness (QED) is 0.728. The standard InChI is InChI=1S/C24H30ClN3O3/c1-24(2,3)31-23(30)26-21-6-4-5-19(17-21)22(29)28-15-13-27(14-16-28)12-11-18-7-9-20(25)10-8-18/h4-10,17H,11-16H2,1-3H3,(H,26,30). The maximum Gasteiger partial charge on any atom is 0.412 e. The number of hydrogen-bond donors (Lipinski definition) is 1. The summed E-state index contributed by atoms with van der Waals surface area (Å²) in [4.78, 5) is 29.2. The highest BCUT2D eigenvalue weighted by atomic mass is 35.5. The van der Waals surface area contributed by atoms with Crippen molar-refractivity contribution in [1.29, 1.82) is 0 Å². The van der Waals surface area contributed by atoms with Gasteiger partial charge in [-0.1, -0.05) is 29.8 Å². The van der Waals surface area contributed by atoms with E-state index >= 15 is 0 Å². The van der Waals surface area contributed by atoms with Crippen LogP contribution in [0.5, 0.6) is 0 Å². The lowest BCUT2D eigenvalue weighted by molar-refractivity contribution is 0.0625. The number of benzene rings is 2. The number of rotatable bonds is 5. The number of hydrogen-bond acceptors (Lipinski definition) is 4. The van der Waals surface area contributed by atoms with E-state index in [4.69, 9.17) is 16.3 Å². The summed E-state index contributed by atoms with van der Waals surface area (Å²) in [6, 6.07) is 14.9. The van der Waals surface area contributed by atoms with Crippen LogP contribution in [0.25, 0.3) is 0 Å². The van der Waals surface area contributed by atoms with E-state index in [1.807, 2.05) is 37.8 Å². The molecule has 1 aliphatic heterocycles. The highest BCUT2D eigenvalue weighted by Crippen LogP contribution is 2.17. The molecule has 2 aromatic carbocycles. The first kappa shape index (κ1) is 23.1. The van der Waals surface area contributed by atoms with Crippen LogP contribution in [0.2, 0.25) is 5.02 Å². The normalized spacial score (nSPS) is 14.9. The molecule has 0 radical (unpaired) electrons. The van der Waals surface area contributed by atoms with Crippen LogP contribution < -0.4 is 5.32 Å². The first-order valence-corrected chi connectivity index (χ1v) is 10.9. The van der Waals surface area contributed by atoms with Gasteiger partial charge in [0.05, 0.1) is 0 Å². The van der Waals surface area contributed by atoms with Gasteiger partial charge in [-0.05, 0) is 63.1 Å². The topological polar surface area (TPSA) is 61.9 Å². The number of carbonyl (C=O) groups excluding carboxylic acids is 2. The van der Waals surface area contributed by atoms with E-state index in [-0.39, 0.29) is 5.91 Å². The summed E-state index contributed by atoms with van der Waals surface area (Å²) in [6.07, 6.45) is 0.426. The second-order valence-electron chi connectivity index (χ2n) is 8.72. The summed E-state index contributed by atoms with van der Waals surface area (Å²) in [5, 5.41) is 3.44. The Kier molecular flexibility index (Phi) is 7.57. The zero-order valence-electron chi connectivity index (χ0n) is 18.4. The third kappa shape index (κ3) is 7.26. The van der Waals surface area contributed by atoms with Crippen LogP contribution >= 0.6 is 11.6 Å². The Morgan fingerprint density at radius 1 is 1.03 bits per heavy atom. The molecule has 1 saturated heterocycles. The zero-order valence-corrected chi connectivity index (χ0v) is 19.1. The van der Waals surface area contributed by atoms with E-state index in [1.165, 1.54) is 5.56 Å². The van der Waals surface area contributed by atoms with Crippen molar-refractivity contribution in [1.82, 2.24) is 9.80 Å². The van der Waals surface area contributed by atoms with E-state index in [1.54, 1.807) is 24.3 Å². The van der Waals surface area contributed by atoms with Crippen LogP contribution in [0, 0.1) is 0 Å². The van der Waals surface area contributed by atoms with Gasteiger partial charge in [0.2, 0.25) is 0 Å². The van der Waals surface area contributed by atoms with Gasteiger partial charge >= 0.3 is 6.09 Å². The minimum absolute atomic E-state index is 0.0230. The number of piperazine rings is 1. The van der Waals surface area contributed by atoms with Gasteiger partial charge in [-0.25, -0.2) is 4.79 Å². The van der Waals surface area contributed by atoms with Crippen molar-refractivity contribution in [3.05, 3.63) is 64.7 Å². The minimum atomic E-state index is -0.579. The number of nitrogens with zero attached hydrogens (tertiary/aromatic N) is 2. The van der Waals surface area contributed by atoms with Gasteiger partial charge in [-0.15, -0.1) is 0 Å². The van der Waals surface area contributed by atoms with Gasteiger partial charge in [0.25, 0.3) is 5.91 Å². The molecule has 1 heterocycles. The summed E-state index contributed by atoms with van der Waals surface area (Å²) in [5.41, 5.74) is 1.78. The number of amides is 2. The molecular formula is C24H30ClN3O3. The fourth-order valence-electron chi connectivity index (χ4n) is 3.45. The second kappa shape index (κ2) is 10.2. The molecule has 0 spiro atoms. The minimum Gasteiger partial charge on any atom is -0.444 e. The van der Waals surface area contributed by atoms with E-state index in [0.717, 1.165) is 31.1 Å². The largest absolute Gasteiger partial charge is 0.444 e. The van der Waals surface area contributed by atoms with E-state index in [0.29, 0.717) is 24.3 Å². The summed E-state index contributed by atoms with van der Waals surface area (Å²) in [6.45, 7) is 9.43. The van der Waals surface area contributed by atoms with Crippen molar-refractivity contribution < 1.29 is 14.3 Å². The lowest BCUT2D eigenvalue weighted by Crippen LogP contribution is -2.49. The monoisotopic (exact) mass is 443 g/mol. The molecule has 1 aliphatic rings. The predicted octanol–water partition coefficient (Wildman–Crippen LogP) is 4.69. The Balaban J connectivity index is 1.50.